The van der Waals surface area contributed by atoms with E-state index in [0.29, 0.717) is 6.04 Å². The molecule has 1 N–H and O–H groups in total. The second-order valence-electron chi connectivity index (χ2n) is 9.60. The molecule has 2 aliphatic rings. The van der Waals surface area contributed by atoms with Gasteiger partial charge in [0.15, 0.2) is 0 Å². The van der Waals surface area contributed by atoms with E-state index in [1.54, 1.807) is 0 Å². The van der Waals surface area contributed by atoms with Crippen molar-refractivity contribution in [1.82, 2.24) is 10.2 Å². The standard InChI is InChI=1S/C29H33ClN2/c1-21-11-10-20-32(21)29(18-8-9-19-29)28(23-12-4-3-5-13-23)31-22(2)24-16-17-27(30)26-15-7-6-14-25(24)26/h3-7,12-17,21,28,31H,2,8-11,18-20H2,1H3. The molecule has 32 heavy (non-hydrogen) atoms. The summed E-state index contributed by atoms with van der Waals surface area (Å²) in [5.74, 6) is 0. The normalized spacial score (nSPS) is 21.6. The molecule has 1 heterocycles. The quantitative estimate of drug-likeness (QED) is 0.421. The van der Waals surface area contributed by atoms with E-state index >= 15 is 0 Å². The van der Waals surface area contributed by atoms with Gasteiger partial charge in [0, 0.05) is 33.3 Å². The van der Waals surface area contributed by atoms with Crippen molar-refractivity contribution in [3.05, 3.63) is 89.5 Å². The van der Waals surface area contributed by atoms with Gasteiger partial charge in [0.05, 0.1) is 6.04 Å². The molecule has 3 aromatic rings. The summed E-state index contributed by atoms with van der Waals surface area (Å²) in [7, 11) is 0. The number of rotatable bonds is 6. The van der Waals surface area contributed by atoms with Gasteiger partial charge in [-0.2, -0.15) is 0 Å². The van der Waals surface area contributed by atoms with Gasteiger partial charge in [-0.1, -0.05) is 91.7 Å². The van der Waals surface area contributed by atoms with Crippen LogP contribution in [-0.2, 0) is 0 Å². The highest BCUT2D eigenvalue weighted by Crippen LogP contribution is 2.48. The molecular weight excluding hydrogens is 412 g/mol. The van der Waals surface area contributed by atoms with Crippen LogP contribution in [0.2, 0.25) is 5.02 Å². The zero-order valence-electron chi connectivity index (χ0n) is 19.0. The van der Waals surface area contributed by atoms with E-state index in [-0.39, 0.29) is 11.6 Å². The Morgan fingerprint density at radius 1 is 0.969 bits per heavy atom. The van der Waals surface area contributed by atoms with E-state index in [2.05, 4.69) is 78.3 Å². The third-order valence-corrected chi connectivity index (χ3v) is 8.11. The van der Waals surface area contributed by atoms with E-state index in [1.807, 2.05) is 12.1 Å². The van der Waals surface area contributed by atoms with Gasteiger partial charge in [-0.05, 0) is 56.2 Å². The fraction of sp³-hybridized carbons (Fsp3) is 0.379. The van der Waals surface area contributed by atoms with Crippen molar-refractivity contribution < 1.29 is 0 Å². The van der Waals surface area contributed by atoms with Crippen molar-refractivity contribution >= 4 is 28.1 Å². The maximum Gasteiger partial charge on any atom is 0.0697 e. The molecule has 2 atom stereocenters. The van der Waals surface area contributed by atoms with Crippen LogP contribution >= 0.6 is 11.6 Å². The molecule has 2 nitrogen and oxygen atoms in total. The van der Waals surface area contributed by atoms with E-state index < -0.39 is 0 Å². The number of hydrogen-bond donors (Lipinski definition) is 1. The molecule has 166 valence electrons. The maximum atomic E-state index is 6.51. The number of nitrogens with one attached hydrogen (secondary N) is 1. The first kappa shape index (κ1) is 21.6. The average molecular weight is 445 g/mol. The molecular formula is C29H33ClN2. The first-order valence-corrected chi connectivity index (χ1v) is 12.4. The Morgan fingerprint density at radius 2 is 1.66 bits per heavy atom. The summed E-state index contributed by atoms with van der Waals surface area (Å²) < 4.78 is 0. The Bertz CT molecular complexity index is 1100. The van der Waals surface area contributed by atoms with Crippen LogP contribution in [-0.4, -0.2) is 23.0 Å². The summed E-state index contributed by atoms with van der Waals surface area (Å²) in [5.41, 5.74) is 3.59. The minimum Gasteiger partial charge on any atom is -0.376 e. The molecule has 0 aromatic heterocycles. The summed E-state index contributed by atoms with van der Waals surface area (Å²) in [6, 6.07) is 24.3. The highest BCUT2D eigenvalue weighted by atomic mass is 35.5. The van der Waals surface area contributed by atoms with Crippen molar-refractivity contribution in [2.24, 2.45) is 0 Å². The van der Waals surface area contributed by atoms with Gasteiger partial charge in [0.2, 0.25) is 0 Å². The van der Waals surface area contributed by atoms with E-state index in [1.165, 1.54) is 50.6 Å². The van der Waals surface area contributed by atoms with Gasteiger partial charge in [0.25, 0.3) is 0 Å². The van der Waals surface area contributed by atoms with Crippen LogP contribution in [0.1, 0.15) is 62.6 Å². The molecule has 1 aliphatic carbocycles. The molecule has 3 heteroatoms. The summed E-state index contributed by atoms with van der Waals surface area (Å²) in [4.78, 5) is 2.82. The summed E-state index contributed by atoms with van der Waals surface area (Å²) in [6.45, 7) is 8.16. The van der Waals surface area contributed by atoms with Crippen molar-refractivity contribution in [3.8, 4) is 0 Å². The van der Waals surface area contributed by atoms with Gasteiger partial charge in [0.1, 0.15) is 0 Å². The number of hydrogen-bond acceptors (Lipinski definition) is 2. The average Bonchev–Trinajstić information content (AvgIpc) is 3.48. The van der Waals surface area contributed by atoms with E-state index in [4.69, 9.17) is 11.6 Å². The molecule has 5 rings (SSSR count). The fourth-order valence-electron chi connectivity index (χ4n) is 6.27. The smallest absolute Gasteiger partial charge is 0.0697 e. The molecule has 0 amide bonds. The summed E-state index contributed by atoms with van der Waals surface area (Å²) in [6.07, 6.45) is 7.66. The lowest BCUT2D eigenvalue weighted by molar-refractivity contribution is 0.0524. The van der Waals surface area contributed by atoms with Crippen LogP contribution in [0, 0.1) is 0 Å². The molecule has 0 radical (unpaired) electrons. The van der Waals surface area contributed by atoms with Crippen LogP contribution in [0.15, 0.2) is 73.3 Å². The minimum atomic E-state index is 0.127. The topological polar surface area (TPSA) is 15.3 Å². The maximum absolute atomic E-state index is 6.51. The third kappa shape index (κ3) is 3.74. The predicted octanol–water partition coefficient (Wildman–Crippen LogP) is 7.59. The zero-order valence-corrected chi connectivity index (χ0v) is 19.7. The Hall–Kier alpha value is -2.29. The molecule has 0 spiro atoms. The SMILES string of the molecule is C=C(NC(c1ccccc1)C1(N2CCCC2C)CCCC1)c1ccc(Cl)c2ccccc12. The van der Waals surface area contributed by atoms with Gasteiger partial charge in [-0.3, -0.25) is 4.90 Å². The van der Waals surface area contributed by atoms with Crippen molar-refractivity contribution in [3.63, 3.8) is 0 Å². The molecule has 1 saturated carbocycles. The number of benzene rings is 3. The van der Waals surface area contributed by atoms with Gasteiger partial charge < -0.3 is 5.32 Å². The van der Waals surface area contributed by atoms with Crippen LogP contribution in [0.3, 0.4) is 0 Å². The number of likely N-dealkylation sites (tertiary alicyclic amines) is 1. The predicted molar refractivity (Wildman–Crippen MR) is 137 cm³/mol. The van der Waals surface area contributed by atoms with Crippen LogP contribution in [0.25, 0.3) is 16.5 Å². The van der Waals surface area contributed by atoms with Crippen molar-refractivity contribution in [2.75, 3.05) is 6.54 Å². The van der Waals surface area contributed by atoms with Gasteiger partial charge in [-0.25, -0.2) is 0 Å². The summed E-state index contributed by atoms with van der Waals surface area (Å²) >= 11 is 6.51. The Morgan fingerprint density at radius 3 is 2.34 bits per heavy atom. The summed E-state index contributed by atoms with van der Waals surface area (Å²) in [5, 5.41) is 6.98. The fourth-order valence-corrected chi connectivity index (χ4v) is 6.50. The van der Waals surface area contributed by atoms with Crippen molar-refractivity contribution in [1.29, 1.82) is 0 Å². The molecule has 3 aromatic carbocycles. The van der Waals surface area contributed by atoms with E-state index in [0.717, 1.165) is 27.1 Å². The lowest BCUT2D eigenvalue weighted by atomic mass is 9.81. The molecule has 2 fully saturated rings. The molecule has 1 aliphatic heterocycles. The second-order valence-corrected chi connectivity index (χ2v) is 10.0. The van der Waals surface area contributed by atoms with Gasteiger partial charge >= 0.3 is 0 Å². The Labute approximate surface area is 197 Å². The zero-order chi connectivity index (χ0) is 22.1. The second kappa shape index (κ2) is 8.92. The monoisotopic (exact) mass is 444 g/mol. The van der Waals surface area contributed by atoms with Crippen LogP contribution < -0.4 is 5.32 Å². The Kier molecular flexibility index (Phi) is 6.01. The molecule has 0 bridgehead atoms. The van der Waals surface area contributed by atoms with E-state index in [9.17, 15) is 0 Å². The highest BCUT2D eigenvalue weighted by molar-refractivity contribution is 6.35. The first-order valence-electron chi connectivity index (χ1n) is 12.0. The lowest BCUT2D eigenvalue weighted by Gasteiger charge is -2.48. The highest BCUT2D eigenvalue weighted by Gasteiger charge is 2.49. The number of fused-ring (bicyclic) bond motifs is 1. The Balaban J connectivity index is 1.57. The third-order valence-electron chi connectivity index (χ3n) is 7.78. The van der Waals surface area contributed by atoms with Crippen LogP contribution in [0.5, 0.6) is 0 Å². The molecule has 1 saturated heterocycles. The lowest BCUT2D eigenvalue weighted by Crippen LogP contribution is -2.55. The number of nitrogens with zero attached hydrogens (tertiary/aromatic N) is 1. The minimum absolute atomic E-state index is 0.127. The van der Waals surface area contributed by atoms with Gasteiger partial charge in [-0.15, -0.1) is 0 Å². The first-order chi connectivity index (χ1) is 15.6. The van der Waals surface area contributed by atoms with Crippen LogP contribution in [0.4, 0.5) is 0 Å². The largest absolute Gasteiger partial charge is 0.376 e. The van der Waals surface area contributed by atoms with Crippen molar-refractivity contribution in [2.45, 2.75) is 63.1 Å². The number of halogens is 1. The molecule has 2 unspecified atom stereocenters.